The van der Waals surface area contributed by atoms with Crippen LogP contribution in [-0.4, -0.2) is 28.4 Å². The summed E-state index contributed by atoms with van der Waals surface area (Å²) in [5, 5.41) is 3.51. The smallest absolute Gasteiger partial charge is 0.263 e. The van der Waals surface area contributed by atoms with Crippen LogP contribution >= 0.6 is 23.1 Å². The van der Waals surface area contributed by atoms with Crippen molar-refractivity contribution >= 4 is 34.1 Å². The molecule has 0 bridgehead atoms. The van der Waals surface area contributed by atoms with Crippen molar-refractivity contribution in [2.45, 2.75) is 25.8 Å². The van der Waals surface area contributed by atoms with Gasteiger partial charge in [-0.15, -0.1) is 0 Å². The van der Waals surface area contributed by atoms with Gasteiger partial charge in [0.1, 0.15) is 4.88 Å². The molecule has 1 fully saturated rings. The number of hydrogen-bond donors (Lipinski definition) is 2. The highest BCUT2D eigenvalue weighted by Crippen LogP contribution is 2.21. The first-order valence-corrected chi connectivity index (χ1v) is 7.25. The topological polar surface area (TPSA) is 68.0 Å². The van der Waals surface area contributed by atoms with Crippen molar-refractivity contribution in [3.8, 4) is 0 Å². The first-order valence-electron chi connectivity index (χ1n) is 5.28. The molecule has 0 saturated carbocycles. The molecular weight excluding hydrogens is 242 g/mol. The van der Waals surface area contributed by atoms with E-state index < -0.39 is 0 Å². The summed E-state index contributed by atoms with van der Waals surface area (Å²) in [7, 11) is 0. The highest BCUT2D eigenvalue weighted by atomic mass is 32.2. The third-order valence-corrected chi connectivity index (χ3v) is 4.61. The van der Waals surface area contributed by atoms with Crippen LogP contribution in [0.5, 0.6) is 0 Å². The van der Waals surface area contributed by atoms with E-state index in [2.05, 4.69) is 10.3 Å². The maximum Gasteiger partial charge on any atom is 0.263 e. The molecule has 4 nitrogen and oxygen atoms in total. The average molecular weight is 257 g/mol. The molecule has 1 aromatic rings. The number of amides is 1. The second-order valence-corrected chi connectivity index (χ2v) is 6.08. The van der Waals surface area contributed by atoms with Gasteiger partial charge in [0.25, 0.3) is 5.91 Å². The molecule has 1 aromatic heterocycles. The number of anilines is 1. The number of nitrogen functional groups attached to an aromatic ring is 1. The van der Waals surface area contributed by atoms with Gasteiger partial charge in [0.15, 0.2) is 5.13 Å². The standard InChI is InChI=1S/C10H15N3OS2/c1-6-8(16-10(11)12-6)9(14)13-7-2-4-15-5-3-7/h7H,2-5H2,1H3,(H2,11,12)(H,13,14). The van der Waals surface area contributed by atoms with Crippen LogP contribution in [-0.2, 0) is 0 Å². The van der Waals surface area contributed by atoms with E-state index in [1.165, 1.54) is 11.3 Å². The Bertz CT molecular complexity index is 385. The van der Waals surface area contributed by atoms with E-state index in [0.29, 0.717) is 16.1 Å². The van der Waals surface area contributed by atoms with E-state index in [4.69, 9.17) is 5.73 Å². The minimum Gasteiger partial charge on any atom is -0.375 e. The summed E-state index contributed by atoms with van der Waals surface area (Å²) in [6.07, 6.45) is 2.12. The normalized spacial score (nSPS) is 17.3. The number of carbonyl (C=O) groups excluding carboxylic acids is 1. The third kappa shape index (κ3) is 2.68. The number of carbonyl (C=O) groups is 1. The zero-order valence-corrected chi connectivity index (χ0v) is 10.8. The van der Waals surface area contributed by atoms with Crippen LogP contribution in [0.3, 0.4) is 0 Å². The number of thiazole rings is 1. The van der Waals surface area contributed by atoms with Gasteiger partial charge in [0.2, 0.25) is 0 Å². The number of thioether (sulfide) groups is 1. The van der Waals surface area contributed by atoms with Gasteiger partial charge in [-0.25, -0.2) is 4.98 Å². The predicted molar refractivity (Wildman–Crippen MR) is 69.1 cm³/mol. The Balaban J connectivity index is 1.99. The van der Waals surface area contributed by atoms with Crippen molar-refractivity contribution in [3.63, 3.8) is 0 Å². The first kappa shape index (κ1) is 11.7. The molecule has 0 spiro atoms. The number of nitrogens with zero attached hydrogens (tertiary/aromatic N) is 1. The Morgan fingerprint density at radius 2 is 2.19 bits per heavy atom. The van der Waals surface area contributed by atoms with Crippen molar-refractivity contribution in [2.24, 2.45) is 0 Å². The lowest BCUT2D eigenvalue weighted by Gasteiger charge is -2.22. The highest BCUT2D eigenvalue weighted by molar-refractivity contribution is 7.99. The zero-order valence-electron chi connectivity index (χ0n) is 9.16. The fourth-order valence-electron chi connectivity index (χ4n) is 1.72. The fourth-order valence-corrected chi connectivity index (χ4v) is 3.56. The Labute approximate surface area is 103 Å². The van der Waals surface area contributed by atoms with Crippen LogP contribution in [0.4, 0.5) is 5.13 Å². The van der Waals surface area contributed by atoms with E-state index in [1.54, 1.807) is 0 Å². The molecule has 16 heavy (non-hydrogen) atoms. The van der Waals surface area contributed by atoms with Crippen molar-refractivity contribution in [1.82, 2.24) is 10.3 Å². The van der Waals surface area contributed by atoms with Gasteiger partial charge in [-0.2, -0.15) is 11.8 Å². The largest absolute Gasteiger partial charge is 0.375 e. The van der Waals surface area contributed by atoms with Gasteiger partial charge in [-0.1, -0.05) is 11.3 Å². The van der Waals surface area contributed by atoms with Gasteiger partial charge >= 0.3 is 0 Å². The minimum absolute atomic E-state index is 0.0244. The molecule has 1 amide bonds. The number of hydrogen-bond acceptors (Lipinski definition) is 5. The lowest BCUT2D eigenvalue weighted by Crippen LogP contribution is -2.37. The highest BCUT2D eigenvalue weighted by Gasteiger charge is 2.19. The lowest BCUT2D eigenvalue weighted by molar-refractivity contribution is 0.0938. The van der Waals surface area contributed by atoms with Gasteiger partial charge in [-0.3, -0.25) is 4.79 Å². The number of nitrogens with two attached hydrogens (primary N) is 1. The van der Waals surface area contributed by atoms with E-state index >= 15 is 0 Å². The molecule has 3 N–H and O–H groups in total. The molecular formula is C10H15N3OS2. The van der Waals surface area contributed by atoms with Gasteiger partial charge < -0.3 is 11.1 Å². The number of rotatable bonds is 2. The summed E-state index contributed by atoms with van der Waals surface area (Å²) in [5.74, 6) is 2.24. The Kier molecular flexibility index (Phi) is 3.70. The lowest BCUT2D eigenvalue weighted by atomic mass is 10.1. The Morgan fingerprint density at radius 3 is 2.75 bits per heavy atom. The Morgan fingerprint density at radius 1 is 1.50 bits per heavy atom. The van der Waals surface area contributed by atoms with E-state index in [0.717, 1.165) is 30.0 Å². The summed E-state index contributed by atoms with van der Waals surface area (Å²) in [6, 6.07) is 0.316. The second kappa shape index (κ2) is 5.05. The predicted octanol–water partition coefficient (Wildman–Crippen LogP) is 1.66. The van der Waals surface area contributed by atoms with Crippen molar-refractivity contribution in [1.29, 1.82) is 0 Å². The maximum absolute atomic E-state index is 11.9. The quantitative estimate of drug-likeness (QED) is 0.845. The summed E-state index contributed by atoms with van der Waals surface area (Å²) < 4.78 is 0. The summed E-state index contributed by atoms with van der Waals surface area (Å²) in [5.41, 5.74) is 6.30. The molecule has 0 radical (unpaired) electrons. The molecule has 2 heterocycles. The van der Waals surface area contributed by atoms with Crippen LogP contribution in [0.25, 0.3) is 0 Å². The molecule has 1 saturated heterocycles. The monoisotopic (exact) mass is 257 g/mol. The minimum atomic E-state index is -0.0244. The molecule has 88 valence electrons. The van der Waals surface area contributed by atoms with E-state index in [1.807, 2.05) is 18.7 Å². The maximum atomic E-state index is 11.9. The summed E-state index contributed by atoms with van der Waals surface area (Å²) in [6.45, 7) is 1.82. The van der Waals surface area contributed by atoms with Crippen molar-refractivity contribution < 1.29 is 4.79 Å². The average Bonchev–Trinajstić information content (AvgIpc) is 2.59. The first-order chi connectivity index (χ1) is 7.66. The molecule has 2 rings (SSSR count). The van der Waals surface area contributed by atoms with Crippen LogP contribution in [0.1, 0.15) is 28.2 Å². The molecule has 0 unspecified atom stereocenters. The van der Waals surface area contributed by atoms with Gasteiger partial charge in [0, 0.05) is 6.04 Å². The van der Waals surface area contributed by atoms with Crippen LogP contribution in [0.15, 0.2) is 0 Å². The van der Waals surface area contributed by atoms with E-state index in [9.17, 15) is 4.79 Å². The molecule has 0 aromatic carbocycles. The molecule has 1 aliphatic rings. The van der Waals surface area contributed by atoms with Gasteiger partial charge in [0.05, 0.1) is 5.69 Å². The molecule has 0 atom stereocenters. The number of aromatic nitrogens is 1. The summed E-state index contributed by atoms with van der Waals surface area (Å²) in [4.78, 5) is 16.6. The number of aryl methyl sites for hydroxylation is 1. The SMILES string of the molecule is Cc1nc(N)sc1C(=O)NC1CCSCC1. The number of nitrogens with one attached hydrogen (secondary N) is 1. The van der Waals surface area contributed by atoms with Crippen LogP contribution in [0, 0.1) is 6.92 Å². The van der Waals surface area contributed by atoms with Gasteiger partial charge in [-0.05, 0) is 31.3 Å². The molecule has 0 aliphatic carbocycles. The molecule has 1 aliphatic heterocycles. The molecule has 6 heteroatoms. The Hall–Kier alpha value is -0.750. The second-order valence-electron chi connectivity index (χ2n) is 3.83. The van der Waals surface area contributed by atoms with E-state index in [-0.39, 0.29) is 5.91 Å². The van der Waals surface area contributed by atoms with Crippen molar-refractivity contribution in [2.75, 3.05) is 17.2 Å². The van der Waals surface area contributed by atoms with Crippen LogP contribution in [0.2, 0.25) is 0 Å². The fraction of sp³-hybridized carbons (Fsp3) is 0.600. The zero-order chi connectivity index (χ0) is 11.5. The summed E-state index contributed by atoms with van der Waals surface area (Å²) >= 11 is 3.21. The van der Waals surface area contributed by atoms with Crippen LogP contribution < -0.4 is 11.1 Å². The third-order valence-electron chi connectivity index (χ3n) is 2.58. The van der Waals surface area contributed by atoms with Crippen molar-refractivity contribution in [3.05, 3.63) is 10.6 Å².